The molecular formula is C23H20BrN3O. The van der Waals surface area contributed by atoms with Crippen LogP contribution in [-0.4, -0.2) is 10.5 Å². The van der Waals surface area contributed by atoms with Gasteiger partial charge in [-0.05, 0) is 68.3 Å². The number of nitrogens with one attached hydrogen (secondary N) is 1. The van der Waals surface area contributed by atoms with Gasteiger partial charge in [-0.1, -0.05) is 40.2 Å². The van der Waals surface area contributed by atoms with Crippen LogP contribution in [0.2, 0.25) is 0 Å². The molecule has 0 aliphatic heterocycles. The van der Waals surface area contributed by atoms with Gasteiger partial charge in [0.1, 0.15) is 11.6 Å². The fraction of sp³-hybridized carbons (Fsp3) is 0.130. The second-order valence-corrected chi connectivity index (χ2v) is 7.50. The molecule has 2 aromatic carbocycles. The Morgan fingerprint density at radius 2 is 1.86 bits per heavy atom. The summed E-state index contributed by atoms with van der Waals surface area (Å²) in [5, 5.41) is 12.4. The van der Waals surface area contributed by atoms with Crippen molar-refractivity contribution < 1.29 is 4.79 Å². The third kappa shape index (κ3) is 4.08. The molecule has 28 heavy (non-hydrogen) atoms. The van der Waals surface area contributed by atoms with Crippen molar-refractivity contribution in [1.29, 1.82) is 5.26 Å². The molecule has 0 fully saturated rings. The fourth-order valence-corrected chi connectivity index (χ4v) is 3.54. The molecule has 3 rings (SSSR count). The smallest absolute Gasteiger partial charge is 0.266 e. The molecule has 0 aliphatic rings. The summed E-state index contributed by atoms with van der Waals surface area (Å²) in [6.07, 6.45) is 1.64. The molecule has 0 atom stereocenters. The second-order valence-electron chi connectivity index (χ2n) is 6.58. The summed E-state index contributed by atoms with van der Waals surface area (Å²) in [6.45, 7) is 5.90. The van der Waals surface area contributed by atoms with Gasteiger partial charge in [0.05, 0.1) is 0 Å². The highest BCUT2D eigenvalue weighted by Gasteiger charge is 2.14. The fourth-order valence-electron chi connectivity index (χ4n) is 3.15. The Labute approximate surface area is 173 Å². The van der Waals surface area contributed by atoms with Crippen LogP contribution in [0, 0.1) is 32.1 Å². The SMILES string of the molecule is Cc1ccccc1NC(=O)/C(C#N)=C\c1cc(C)n(-c2cccc(Br)c2)c1C. The molecule has 1 heterocycles. The summed E-state index contributed by atoms with van der Waals surface area (Å²) in [4.78, 5) is 12.6. The third-order valence-electron chi connectivity index (χ3n) is 4.59. The molecule has 1 N–H and O–H groups in total. The van der Waals surface area contributed by atoms with Crippen LogP contribution in [0.4, 0.5) is 5.69 Å². The molecule has 0 saturated heterocycles. The summed E-state index contributed by atoms with van der Waals surface area (Å²) in [6, 6.07) is 19.5. The number of halogens is 1. The highest BCUT2D eigenvalue weighted by Crippen LogP contribution is 2.25. The maximum atomic E-state index is 12.6. The Morgan fingerprint density at radius 1 is 1.11 bits per heavy atom. The molecule has 140 valence electrons. The van der Waals surface area contributed by atoms with Gasteiger partial charge in [-0.25, -0.2) is 0 Å². The van der Waals surface area contributed by atoms with Gasteiger partial charge in [-0.15, -0.1) is 0 Å². The Kier molecular flexibility index (Phi) is 5.81. The Morgan fingerprint density at radius 3 is 2.54 bits per heavy atom. The zero-order valence-corrected chi connectivity index (χ0v) is 17.5. The first-order chi connectivity index (χ1) is 13.4. The van der Waals surface area contributed by atoms with E-state index in [0.717, 1.165) is 32.7 Å². The molecule has 0 bridgehead atoms. The van der Waals surface area contributed by atoms with Gasteiger partial charge >= 0.3 is 0 Å². The van der Waals surface area contributed by atoms with Gasteiger partial charge in [-0.3, -0.25) is 4.79 Å². The molecule has 0 aliphatic carbocycles. The van der Waals surface area contributed by atoms with Crippen molar-refractivity contribution in [2.45, 2.75) is 20.8 Å². The molecule has 0 saturated carbocycles. The minimum Gasteiger partial charge on any atom is -0.321 e. The lowest BCUT2D eigenvalue weighted by Crippen LogP contribution is -2.14. The second kappa shape index (κ2) is 8.28. The first kappa shape index (κ1) is 19.7. The zero-order valence-electron chi connectivity index (χ0n) is 16.0. The highest BCUT2D eigenvalue weighted by molar-refractivity contribution is 9.10. The molecular weight excluding hydrogens is 414 g/mol. The van der Waals surface area contributed by atoms with E-state index in [9.17, 15) is 10.1 Å². The first-order valence-electron chi connectivity index (χ1n) is 8.84. The number of amides is 1. The lowest BCUT2D eigenvalue weighted by Gasteiger charge is -2.10. The zero-order chi connectivity index (χ0) is 20.3. The van der Waals surface area contributed by atoms with Gasteiger partial charge in [0.15, 0.2) is 0 Å². The van der Waals surface area contributed by atoms with Crippen molar-refractivity contribution in [3.8, 4) is 11.8 Å². The standard InChI is InChI=1S/C23H20BrN3O/c1-15-7-4-5-10-22(15)26-23(28)19(14-25)12-18-11-16(2)27(17(18)3)21-9-6-8-20(24)13-21/h4-13H,1-3H3,(H,26,28)/b19-12-. The number of aromatic nitrogens is 1. The molecule has 4 nitrogen and oxygen atoms in total. The molecule has 0 unspecified atom stereocenters. The largest absolute Gasteiger partial charge is 0.321 e. The predicted molar refractivity (Wildman–Crippen MR) is 116 cm³/mol. The quantitative estimate of drug-likeness (QED) is 0.422. The molecule has 0 spiro atoms. The summed E-state index contributed by atoms with van der Waals surface area (Å²) < 4.78 is 3.09. The van der Waals surface area contributed by atoms with Crippen LogP contribution in [0.25, 0.3) is 11.8 Å². The van der Waals surface area contributed by atoms with Crippen molar-refractivity contribution >= 4 is 33.6 Å². The summed E-state index contributed by atoms with van der Waals surface area (Å²) in [5.74, 6) is -0.413. The van der Waals surface area contributed by atoms with Crippen LogP contribution < -0.4 is 5.32 Å². The van der Waals surface area contributed by atoms with Crippen LogP contribution >= 0.6 is 15.9 Å². The molecule has 3 aromatic rings. The van der Waals surface area contributed by atoms with Crippen molar-refractivity contribution in [2.24, 2.45) is 0 Å². The Hall–Kier alpha value is -3.10. The van der Waals surface area contributed by atoms with E-state index in [1.165, 1.54) is 0 Å². The summed E-state index contributed by atoms with van der Waals surface area (Å²) in [5.41, 5.74) is 5.57. The number of hydrogen-bond acceptors (Lipinski definition) is 2. The monoisotopic (exact) mass is 433 g/mol. The topological polar surface area (TPSA) is 57.8 Å². The van der Waals surface area contributed by atoms with Crippen LogP contribution in [0.15, 0.2) is 64.6 Å². The normalized spacial score (nSPS) is 11.2. The highest BCUT2D eigenvalue weighted by atomic mass is 79.9. The first-order valence-corrected chi connectivity index (χ1v) is 9.63. The van der Waals surface area contributed by atoms with Crippen LogP contribution in [-0.2, 0) is 4.79 Å². The third-order valence-corrected chi connectivity index (χ3v) is 5.09. The maximum absolute atomic E-state index is 12.6. The van der Waals surface area contributed by atoms with Crippen molar-refractivity contribution in [1.82, 2.24) is 4.57 Å². The minimum atomic E-state index is -0.413. The van der Waals surface area contributed by atoms with Gasteiger partial charge in [0.25, 0.3) is 5.91 Å². The van der Waals surface area contributed by atoms with Gasteiger partial charge in [0, 0.05) is 27.2 Å². The number of anilines is 1. The summed E-state index contributed by atoms with van der Waals surface area (Å²) in [7, 11) is 0. The number of aryl methyl sites for hydroxylation is 2. The number of nitrogens with zero attached hydrogens (tertiary/aromatic N) is 2. The van der Waals surface area contributed by atoms with Gasteiger partial charge < -0.3 is 9.88 Å². The van der Waals surface area contributed by atoms with Crippen molar-refractivity contribution in [2.75, 3.05) is 5.32 Å². The van der Waals surface area contributed by atoms with E-state index < -0.39 is 5.91 Å². The van der Waals surface area contributed by atoms with Gasteiger partial charge in [0.2, 0.25) is 0 Å². The van der Waals surface area contributed by atoms with Crippen LogP contribution in [0.3, 0.4) is 0 Å². The van der Waals surface area contributed by atoms with Crippen LogP contribution in [0.1, 0.15) is 22.5 Å². The number of rotatable bonds is 4. The van der Waals surface area contributed by atoms with Crippen molar-refractivity contribution in [3.05, 3.63) is 87.2 Å². The van der Waals surface area contributed by atoms with E-state index in [-0.39, 0.29) is 5.57 Å². The number of carbonyl (C=O) groups excluding carboxylic acids is 1. The number of hydrogen-bond donors (Lipinski definition) is 1. The van der Waals surface area contributed by atoms with E-state index in [2.05, 4.69) is 25.8 Å². The summed E-state index contributed by atoms with van der Waals surface area (Å²) >= 11 is 3.50. The van der Waals surface area contributed by atoms with E-state index >= 15 is 0 Å². The number of benzene rings is 2. The molecule has 1 amide bonds. The molecule has 1 aromatic heterocycles. The Bertz CT molecular complexity index is 1120. The maximum Gasteiger partial charge on any atom is 0.266 e. The predicted octanol–water partition coefficient (Wildman–Crippen LogP) is 5.71. The van der Waals surface area contributed by atoms with E-state index in [0.29, 0.717) is 5.69 Å². The Balaban J connectivity index is 1.95. The average Bonchev–Trinajstić information content (AvgIpc) is 2.94. The minimum absolute atomic E-state index is 0.0674. The number of carbonyl (C=O) groups is 1. The van der Waals surface area contributed by atoms with Gasteiger partial charge in [-0.2, -0.15) is 5.26 Å². The van der Waals surface area contributed by atoms with Crippen molar-refractivity contribution in [3.63, 3.8) is 0 Å². The average molecular weight is 434 g/mol. The number of para-hydroxylation sites is 1. The van der Waals surface area contributed by atoms with E-state index in [1.54, 1.807) is 6.08 Å². The lowest BCUT2D eigenvalue weighted by molar-refractivity contribution is -0.112. The molecule has 0 radical (unpaired) electrons. The van der Waals surface area contributed by atoms with E-state index in [4.69, 9.17) is 0 Å². The van der Waals surface area contributed by atoms with Crippen LogP contribution in [0.5, 0.6) is 0 Å². The molecule has 5 heteroatoms. The lowest BCUT2D eigenvalue weighted by atomic mass is 10.1. The van der Waals surface area contributed by atoms with E-state index in [1.807, 2.05) is 81.4 Å². The number of nitriles is 1.